The van der Waals surface area contributed by atoms with Gasteiger partial charge in [0, 0.05) is 24.0 Å². The van der Waals surface area contributed by atoms with Crippen LogP contribution in [-0.2, 0) is 6.54 Å². The lowest BCUT2D eigenvalue weighted by Crippen LogP contribution is -2.14. The van der Waals surface area contributed by atoms with Crippen molar-refractivity contribution in [1.82, 2.24) is 9.97 Å². The van der Waals surface area contributed by atoms with Gasteiger partial charge in [0.05, 0.1) is 5.69 Å². The van der Waals surface area contributed by atoms with E-state index in [1.165, 1.54) is 0 Å². The standard InChI is InChI=1S/C13H14N4O/c1-9-3-2-4-12(16-9)17-13(18)10-5-6-15-11(7-10)8-14/h2-7H,8,14H2,1H3,(H,16,17,18). The van der Waals surface area contributed by atoms with Crippen LogP contribution < -0.4 is 11.1 Å². The molecule has 92 valence electrons. The van der Waals surface area contributed by atoms with Crippen LogP contribution in [0.15, 0.2) is 36.5 Å². The average Bonchev–Trinajstić information content (AvgIpc) is 2.39. The molecule has 5 heteroatoms. The van der Waals surface area contributed by atoms with E-state index >= 15 is 0 Å². The minimum atomic E-state index is -0.217. The molecule has 0 aliphatic carbocycles. The normalized spacial score (nSPS) is 10.1. The maximum atomic E-state index is 12.0. The van der Waals surface area contributed by atoms with Crippen LogP contribution in [0.2, 0.25) is 0 Å². The zero-order valence-electron chi connectivity index (χ0n) is 10.1. The molecule has 2 aromatic heterocycles. The average molecular weight is 242 g/mol. The Morgan fingerprint density at radius 2 is 2.22 bits per heavy atom. The number of amides is 1. The fraction of sp³-hybridized carbons (Fsp3) is 0.154. The number of aryl methyl sites for hydroxylation is 1. The summed E-state index contributed by atoms with van der Waals surface area (Å²) in [6, 6.07) is 8.77. The van der Waals surface area contributed by atoms with Crippen molar-refractivity contribution >= 4 is 11.7 Å². The van der Waals surface area contributed by atoms with Gasteiger partial charge in [-0.3, -0.25) is 9.78 Å². The van der Waals surface area contributed by atoms with E-state index < -0.39 is 0 Å². The Hall–Kier alpha value is -2.27. The predicted octanol–water partition coefficient (Wildman–Crippen LogP) is 1.50. The third-order valence-electron chi connectivity index (χ3n) is 2.42. The van der Waals surface area contributed by atoms with Crippen molar-refractivity contribution in [2.75, 3.05) is 5.32 Å². The number of nitrogens with two attached hydrogens (primary N) is 1. The first-order chi connectivity index (χ1) is 8.69. The number of hydrogen-bond donors (Lipinski definition) is 2. The molecule has 2 aromatic rings. The van der Waals surface area contributed by atoms with Gasteiger partial charge in [-0.2, -0.15) is 0 Å². The van der Waals surface area contributed by atoms with Gasteiger partial charge in [0.1, 0.15) is 5.82 Å². The van der Waals surface area contributed by atoms with Crippen molar-refractivity contribution in [3.05, 3.63) is 53.5 Å². The molecule has 0 saturated carbocycles. The number of pyridine rings is 2. The van der Waals surface area contributed by atoms with Gasteiger partial charge >= 0.3 is 0 Å². The lowest BCUT2D eigenvalue weighted by molar-refractivity contribution is 0.102. The fourth-order valence-electron chi connectivity index (χ4n) is 1.53. The number of carbonyl (C=O) groups is 1. The number of rotatable bonds is 3. The molecule has 0 fully saturated rings. The van der Waals surface area contributed by atoms with Gasteiger partial charge in [-0.05, 0) is 31.2 Å². The Morgan fingerprint density at radius 1 is 1.39 bits per heavy atom. The minimum absolute atomic E-state index is 0.217. The van der Waals surface area contributed by atoms with Gasteiger partial charge in [-0.15, -0.1) is 0 Å². The summed E-state index contributed by atoms with van der Waals surface area (Å²) in [6.07, 6.45) is 1.57. The Bertz CT molecular complexity index is 568. The molecule has 1 amide bonds. The predicted molar refractivity (Wildman–Crippen MR) is 69.1 cm³/mol. The van der Waals surface area contributed by atoms with Crippen LogP contribution in [0.1, 0.15) is 21.7 Å². The van der Waals surface area contributed by atoms with Crippen LogP contribution in [0.4, 0.5) is 5.82 Å². The number of nitrogens with one attached hydrogen (secondary N) is 1. The van der Waals surface area contributed by atoms with Crippen LogP contribution in [-0.4, -0.2) is 15.9 Å². The Morgan fingerprint density at radius 3 is 2.94 bits per heavy atom. The highest BCUT2D eigenvalue weighted by molar-refractivity contribution is 6.03. The SMILES string of the molecule is Cc1cccc(NC(=O)c2ccnc(CN)c2)n1. The first-order valence-electron chi connectivity index (χ1n) is 5.59. The molecule has 2 rings (SSSR count). The monoisotopic (exact) mass is 242 g/mol. The molecule has 0 aromatic carbocycles. The van der Waals surface area contributed by atoms with Gasteiger partial charge in [0.15, 0.2) is 0 Å². The molecule has 0 radical (unpaired) electrons. The maximum Gasteiger partial charge on any atom is 0.256 e. The summed E-state index contributed by atoms with van der Waals surface area (Å²) in [7, 11) is 0. The molecule has 18 heavy (non-hydrogen) atoms. The Kier molecular flexibility index (Phi) is 3.64. The molecule has 0 unspecified atom stereocenters. The summed E-state index contributed by atoms with van der Waals surface area (Å²) in [5.41, 5.74) is 7.54. The van der Waals surface area contributed by atoms with Crippen LogP contribution in [0.25, 0.3) is 0 Å². The van der Waals surface area contributed by atoms with E-state index in [2.05, 4.69) is 15.3 Å². The van der Waals surface area contributed by atoms with E-state index in [0.29, 0.717) is 23.6 Å². The molecule has 0 aliphatic rings. The molecule has 0 bridgehead atoms. The molecule has 3 N–H and O–H groups in total. The Balaban J connectivity index is 2.16. The molecular formula is C13H14N4O. The summed E-state index contributed by atoms with van der Waals surface area (Å²) in [5.74, 6) is 0.316. The van der Waals surface area contributed by atoms with Crippen molar-refractivity contribution in [3.8, 4) is 0 Å². The van der Waals surface area contributed by atoms with Crippen molar-refractivity contribution in [3.63, 3.8) is 0 Å². The summed E-state index contributed by atoms with van der Waals surface area (Å²) < 4.78 is 0. The third-order valence-corrected chi connectivity index (χ3v) is 2.42. The van der Waals surface area contributed by atoms with E-state index in [0.717, 1.165) is 5.69 Å². The highest BCUT2D eigenvalue weighted by atomic mass is 16.1. The molecule has 2 heterocycles. The largest absolute Gasteiger partial charge is 0.325 e. The van der Waals surface area contributed by atoms with Gasteiger partial charge in [-0.1, -0.05) is 6.07 Å². The zero-order chi connectivity index (χ0) is 13.0. The van der Waals surface area contributed by atoms with Gasteiger partial charge in [0.25, 0.3) is 5.91 Å². The molecular weight excluding hydrogens is 228 g/mol. The first-order valence-corrected chi connectivity index (χ1v) is 5.59. The van der Waals surface area contributed by atoms with E-state index in [9.17, 15) is 4.79 Å². The fourth-order valence-corrected chi connectivity index (χ4v) is 1.53. The second-order valence-corrected chi connectivity index (χ2v) is 3.86. The smallest absolute Gasteiger partial charge is 0.256 e. The lowest BCUT2D eigenvalue weighted by atomic mass is 10.2. The second kappa shape index (κ2) is 5.37. The first kappa shape index (κ1) is 12.2. The molecule has 0 saturated heterocycles. The molecule has 0 aliphatic heterocycles. The summed E-state index contributed by atoms with van der Waals surface area (Å²) in [5, 5.41) is 2.73. The number of nitrogens with zero attached hydrogens (tertiary/aromatic N) is 2. The van der Waals surface area contributed by atoms with Crippen molar-refractivity contribution in [1.29, 1.82) is 0 Å². The Labute approximate surface area is 105 Å². The van der Waals surface area contributed by atoms with Crippen molar-refractivity contribution < 1.29 is 4.79 Å². The molecule has 5 nitrogen and oxygen atoms in total. The maximum absolute atomic E-state index is 12.0. The summed E-state index contributed by atoms with van der Waals surface area (Å²) >= 11 is 0. The molecule has 0 atom stereocenters. The number of anilines is 1. The highest BCUT2D eigenvalue weighted by Crippen LogP contribution is 2.08. The van der Waals surface area contributed by atoms with E-state index in [1.54, 1.807) is 24.4 Å². The number of aromatic nitrogens is 2. The molecule has 0 spiro atoms. The van der Waals surface area contributed by atoms with Crippen molar-refractivity contribution in [2.24, 2.45) is 5.73 Å². The minimum Gasteiger partial charge on any atom is -0.325 e. The quantitative estimate of drug-likeness (QED) is 0.854. The van der Waals surface area contributed by atoms with E-state index in [4.69, 9.17) is 5.73 Å². The highest BCUT2D eigenvalue weighted by Gasteiger charge is 2.07. The topological polar surface area (TPSA) is 80.9 Å². The van der Waals surface area contributed by atoms with Crippen LogP contribution >= 0.6 is 0 Å². The third kappa shape index (κ3) is 2.89. The summed E-state index contributed by atoms with van der Waals surface area (Å²) in [4.78, 5) is 20.2. The van der Waals surface area contributed by atoms with Gasteiger partial charge in [-0.25, -0.2) is 4.98 Å². The van der Waals surface area contributed by atoms with Crippen LogP contribution in [0, 0.1) is 6.92 Å². The van der Waals surface area contributed by atoms with Gasteiger partial charge < -0.3 is 11.1 Å². The number of hydrogen-bond acceptors (Lipinski definition) is 4. The van der Waals surface area contributed by atoms with E-state index in [-0.39, 0.29) is 5.91 Å². The second-order valence-electron chi connectivity index (χ2n) is 3.86. The van der Waals surface area contributed by atoms with Crippen LogP contribution in [0.3, 0.4) is 0 Å². The van der Waals surface area contributed by atoms with Crippen molar-refractivity contribution in [2.45, 2.75) is 13.5 Å². The number of carbonyl (C=O) groups excluding carboxylic acids is 1. The van der Waals surface area contributed by atoms with E-state index in [1.807, 2.05) is 19.1 Å². The zero-order valence-corrected chi connectivity index (χ0v) is 10.1. The summed E-state index contributed by atoms with van der Waals surface area (Å²) in [6.45, 7) is 2.18. The van der Waals surface area contributed by atoms with Crippen LogP contribution in [0.5, 0.6) is 0 Å². The van der Waals surface area contributed by atoms with Gasteiger partial charge in [0.2, 0.25) is 0 Å². The lowest BCUT2D eigenvalue weighted by Gasteiger charge is -2.05.